The number of benzene rings is 2. The highest BCUT2D eigenvalue weighted by atomic mass is 35.5. The summed E-state index contributed by atoms with van der Waals surface area (Å²) in [6, 6.07) is 8.11. The molecular formula is C18H18Cl2N2O5. The standard InChI is InChI=1S/C18H18Cl2N2O5/c1-24-15-6-11(7-16(25-2)18(15)26-3)9-21-22-17(23)10-27-14-5-4-12(19)8-13(14)20/h4-9H,10H2,1-3H3,(H,22,23)/b21-9+. The Hall–Kier alpha value is -2.64. The molecule has 0 fully saturated rings. The highest BCUT2D eigenvalue weighted by Crippen LogP contribution is 2.37. The summed E-state index contributed by atoms with van der Waals surface area (Å²) >= 11 is 11.8. The molecule has 7 nitrogen and oxygen atoms in total. The fourth-order valence-electron chi connectivity index (χ4n) is 2.12. The predicted molar refractivity (Wildman–Crippen MR) is 104 cm³/mol. The van der Waals surface area contributed by atoms with E-state index in [1.54, 1.807) is 24.3 Å². The summed E-state index contributed by atoms with van der Waals surface area (Å²) in [5, 5.41) is 4.68. The lowest BCUT2D eigenvalue weighted by atomic mass is 10.2. The molecule has 9 heteroatoms. The second kappa shape index (κ2) is 9.89. The minimum Gasteiger partial charge on any atom is -0.493 e. The minimum atomic E-state index is -0.454. The number of hydrogen-bond acceptors (Lipinski definition) is 6. The average molecular weight is 413 g/mol. The van der Waals surface area contributed by atoms with E-state index in [0.29, 0.717) is 38.6 Å². The quantitative estimate of drug-likeness (QED) is 0.529. The summed E-state index contributed by atoms with van der Waals surface area (Å²) in [6.07, 6.45) is 1.44. The van der Waals surface area contributed by atoms with Crippen LogP contribution in [-0.4, -0.2) is 40.1 Å². The molecule has 0 aliphatic rings. The summed E-state index contributed by atoms with van der Waals surface area (Å²) in [5.74, 6) is 1.32. The van der Waals surface area contributed by atoms with Crippen LogP contribution >= 0.6 is 23.2 Å². The molecule has 0 aromatic heterocycles. The Labute approximate surface area is 166 Å². The average Bonchev–Trinajstić information content (AvgIpc) is 2.66. The molecule has 0 saturated carbocycles. The van der Waals surface area contributed by atoms with Gasteiger partial charge in [-0.3, -0.25) is 4.79 Å². The third kappa shape index (κ3) is 5.67. The Kier molecular flexibility index (Phi) is 7.57. The van der Waals surface area contributed by atoms with E-state index in [9.17, 15) is 4.79 Å². The van der Waals surface area contributed by atoms with Crippen molar-refractivity contribution in [2.75, 3.05) is 27.9 Å². The van der Waals surface area contributed by atoms with Gasteiger partial charge in [-0.15, -0.1) is 0 Å². The van der Waals surface area contributed by atoms with Gasteiger partial charge >= 0.3 is 0 Å². The Morgan fingerprint density at radius 3 is 2.26 bits per heavy atom. The number of methoxy groups -OCH3 is 3. The van der Waals surface area contributed by atoms with Crippen LogP contribution in [0.5, 0.6) is 23.0 Å². The molecule has 0 aliphatic heterocycles. The van der Waals surface area contributed by atoms with Crippen molar-refractivity contribution < 1.29 is 23.7 Å². The van der Waals surface area contributed by atoms with Crippen LogP contribution in [0.1, 0.15) is 5.56 Å². The number of rotatable bonds is 8. The fourth-order valence-corrected chi connectivity index (χ4v) is 2.59. The Balaban J connectivity index is 1.97. The Bertz CT molecular complexity index is 817. The van der Waals surface area contributed by atoms with Crippen LogP contribution in [0.4, 0.5) is 0 Å². The molecule has 0 atom stereocenters. The van der Waals surface area contributed by atoms with Gasteiger partial charge in [0.2, 0.25) is 5.75 Å². The largest absolute Gasteiger partial charge is 0.493 e. The van der Waals surface area contributed by atoms with Crippen molar-refractivity contribution in [2.24, 2.45) is 5.10 Å². The smallest absolute Gasteiger partial charge is 0.277 e. The van der Waals surface area contributed by atoms with Gasteiger partial charge in [-0.05, 0) is 30.3 Å². The SMILES string of the molecule is COc1cc(/C=N/NC(=O)COc2ccc(Cl)cc2Cl)cc(OC)c1OC. The van der Waals surface area contributed by atoms with Crippen LogP contribution in [0.25, 0.3) is 0 Å². The van der Waals surface area contributed by atoms with Crippen molar-refractivity contribution in [2.45, 2.75) is 0 Å². The predicted octanol–water partition coefficient (Wildman–Crippen LogP) is 3.55. The molecular weight excluding hydrogens is 395 g/mol. The first-order chi connectivity index (χ1) is 13.0. The molecule has 2 rings (SSSR count). The zero-order chi connectivity index (χ0) is 19.8. The molecule has 144 valence electrons. The Morgan fingerprint density at radius 1 is 1.04 bits per heavy atom. The summed E-state index contributed by atoms with van der Waals surface area (Å²) in [6.45, 7) is -0.256. The number of hydrogen-bond donors (Lipinski definition) is 1. The van der Waals surface area contributed by atoms with Crippen molar-refractivity contribution in [1.82, 2.24) is 5.43 Å². The summed E-state index contributed by atoms with van der Waals surface area (Å²) in [7, 11) is 4.54. The van der Waals surface area contributed by atoms with Crippen LogP contribution in [-0.2, 0) is 4.79 Å². The van der Waals surface area contributed by atoms with Crippen molar-refractivity contribution in [3.8, 4) is 23.0 Å². The number of carbonyl (C=O) groups excluding carboxylic acids is 1. The number of carbonyl (C=O) groups is 1. The van der Waals surface area contributed by atoms with Crippen LogP contribution in [0.3, 0.4) is 0 Å². The van der Waals surface area contributed by atoms with Crippen molar-refractivity contribution in [1.29, 1.82) is 0 Å². The maximum Gasteiger partial charge on any atom is 0.277 e. The van der Waals surface area contributed by atoms with E-state index in [2.05, 4.69) is 10.5 Å². The Morgan fingerprint density at radius 2 is 1.70 bits per heavy atom. The molecule has 2 aromatic carbocycles. The molecule has 0 saturated heterocycles. The van der Waals surface area contributed by atoms with E-state index in [1.807, 2.05) is 0 Å². The zero-order valence-corrected chi connectivity index (χ0v) is 16.4. The van der Waals surface area contributed by atoms with E-state index < -0.39 is 5.91 Å². The third-order valence-electron chi connectivity index (χ3n) is 3.34. The van der Waals surface area contributed by atoms with Gasteiger partial charge in [0.1, 0.15) is 5.75 Å². The molecule has 1 amide bonds. The van der Waals surface area contributed by atoms with Gasteiger partial charge in [-0.25, -0.2) is 5.43 Å². The van der Waals surface area contributed by atoms with Crippen molar-refractivity contribution in [3.63, 3.8) is 0 Å². The molecule has 0 aliphatic carbocycles. The highest BCUT2D eigenvalue weighted by Gasteiger charge is 2.12. The van der Waals surface area contributed by atoms with Crippen LogP contribution < -0.4 is 24.4 Å². The lowest BCUT2D eigenvalue weighted by Gasteiger charge is -2.12. The van der Waals surface area contributed by atoms with Gasteiger partial charge in [0.25, 0.3) is 5.91 Å². The second-order valence-electron chi connectivity index (χ2n) is 5.12. The van der Waals surface area contributed by atoms with Crippen LogP contribution in [0, 0.1) is 0 Å². The summed E-state index contributed by atoms with van der Waals surface area (Å²) < 4.78 is 21.1. The number of nitrogens with zero attached hydrogens (tertiary/aromatic N) is 1. The first-order valence-corrected chi connectivity index (χ1v) is 8.43. The van der Waals surface area contributed by atoms with E-state index in [1.165, 1.54) is 33.6 Å². The number of ether oxygens (including phenoxy) is 4. The second-order valence-corrected chi connectivity index (χ2v) is 5.96. The van der Waals surface area contributed by atoms with E-state index in [-0.39, 0.29) is 6.61 Å². The van der Waals surface area contributed by atoms with Gasteiger partial charge in [-0.1, -0.05) is 23.2 Å². The molecule has 0 bridgehead atoms. The normalized spacial score (nSPS) is 10.6. The van der Waals surface area contributed by atoms with Gasteiger partial charge in [-0.2, -0.15) is 5.10 Å². The molecule has 0 radical (unpaired) electrons. The number of amides is 1. The number of hydrazone groups is 1. The van der Waals surface area contributed by atoms with Gasteiger partial charge < -0.3 is 18.9 Å². The lowest BCUT2D eigenvalue weighted by molar-refractivity contribution is -0.123. The van der Waals surface area contributed by atoms with E-state index in [4.69, 9.17) is 42.1 Å². The molecule has 1 N–H and O–H groups in total. The maximum absolute atomic E-state index is 11.8. The van der Waals surface area contributed by atoms with Gasteiger partial charge in [0.05, 0.1) is 32.6 Å². The van der Waals surface area contributed by atoms with Gasteiger partial charge in [0, 0.05) is 10.6 Å². The fraction of sp³-hybridized carbons (Fsp3) is 0.222. The monoisotopic (exact) mass is 412 g/mol. The molecule has 0 heterocycles. The molecule has 0 spiro atoms. The van der Waals surface area contributed by atoms with Gasteiger partial charge in [0.15, 0.2) is 18.1 Å². The van der Waals surface area contributed by atoms with Crippen LogP contribution in [0.15, 0.2) is 35.4 Å². The number of halogens is 2. The molecule has 2 aromatic rings. The third-order valence-corrected chi connectivity index (χ3v) is 3.87. The van der Waals surface area contributed by atoms with Crippen LogP contribution in [0.2, 0.25) is 10.0 Å². The molecule has 0 unspecified atom stereocenters. The summed E-state index contributed by atoms with van der Waals surface area (Å²) in [5.41, 5.74) is 3.00. The molecule has 27 heavy (non-hydrogen) atoms. The zero-order valence-electron chi connectivity index (χ0n) is 14.9. The lowest BCUT2D eigenvalue weighted by Crippen LogP contribution is -2.24. The highest BCUT2D eigenvalue weighted by molar-refractivity contribution is 6.35. The minimum absolute atomic E-state index is 0.256. The van der Waals surface area contributed by atoms with E-state index >= 15 is 0 Å². The summed E-state index contributed by atoms with van der Waals surface area (Å²) in [4.78, 5) is 11.8. The van der Waals surface area contributed by atoms with E-state index in [0.717, 1.165) is 0 Å². The number of nitrogens with one attached hydrogen (secondary N) is 1. The first kappa shape index (κ1) is 20.7. The topological polar surface area (TPSA) is 78.4 Å². The maximum atomic E-state index is 11.8. The van der Waals surface area contributed by atoms with Crippen molar-refractivity contribution >= 4 is 35.3 Å². The first-order valence-electron chi connectivity index (χ1n) is 7.68. The van der Waals surface area contributed by atoms with Crippen molar-refractivity contribution in [3.05, 3.63) is 45.9 Å².